The third kappa shape index (κ3) is 3.06. The maximum Gasteiger partial charge on any atom is 0.331 e. The van der Waals surface area contributed by atoms with Crippen molar-refractivity contribution in [2.45, 2.75) is 26.9 Å². The summed E-state index contributed by atoms with van der Waals surface area (Å²) in [6, 6.07) is 9.42. The number of halogens is 1. The summed E-state index contributed by atoms with van der Waals surface area (Å²) in [7, 11) is 0. The standard InChI is InChI=1S/C18H15ClN4O2/c1-3-22-9-14(8-20)17(24)23(18(22)25)10-13-7-12-5-4-11(2)6-15(12)21-16(13)19/h4-7,9H,3,10H2,1-2H3. The second kappa shape index (κ2) is 6.54. The van der Waals surface area contributed by atoms with Gasteiger partial charge in [-0.15, -0.1) is 0 Å². The highest BCUT2D eigenvalue weighted by Crippen LogP contribution is 2.21. The largest absolute Gasteiger partial charge is 0.331 e. The van der Waals surface area contributed by atoms with Crippen molar-refractivity contribution in [2.75, 3.05) is 0 Å². The average molecular weight is 355 g/mol. The van der Waals surface area contributed by atoms with E-state index >= 15 is 0 Å². The third-order valence-electron chi connectivity index (χ3n) is 4.03. The number of rotatable bonds is 3. The van der Waals surface area contributed by atoms with Crippen molar-refractivity contribution < 1.29 is 0 Å². The van der Waals surface area contributed by atoms with E-state index in [9.17, 15) is 9.59 Å². The lowest BCUT2D eigenvalue weighted by molar-refractivity contribution is 0.597. The van der Waals surface area contributed by atoms with Crippen LogP contribution < -0.4 is 11.2 Å². The molecule has 3 aromatic rings. The second-order valence-corrected chi connectivity index (χ2v) is 6.11. The van der Waals surface area contributed by atoms with Gasteiger partial charge in [-0.25, -0.2) is 9.78 Å². The number of nitriles is 1. The number of aromatic nitrogens is 3. The van der Waals surface area contributed by atoms with E-state index in [-0.39, 0.29) is 17.3 Å². The molecule has 0 aliphatic carbocycles. The Labute approximate surface area is 148 Å². The molecule has 7 heteroatoms. The Morgan fingerprint density at radius 1 is 1.28 bits per heavy atom. The predicted molar refractivity (Wildman–Crippen MR) is 95.9 cm³/mol. The normalized spacial score (nSPS) is 10.8. The fourth-order valence-corrected chi connectivity index (χ4v) is 2.88. The molecule has 0 radical (unpaired) electrons. The maximum atomic E-state index is 12.5. The number of hydrogen-bond donors (Lipinski definition) is 0. The van der Waals surface area contributed by atoms with Crippen molar-refractivity contribution in [3.63, 3.8) is 0 Å². The van der Waals surface area contributed by atoms with Crippen molar-refractivity contribution >= 4 is 22.5 Å². The maximum absolute atomic E-state index is 12.5. The van der Waals surface area contributed by atoms with Crippen molar-refractivity contribution in [1.82, 2.24) is 14.1 Å². The SMILES string of the molecule is CCn1cc(C#N)c(=O)n(Cc2cc3ccc(C)cc3nc2Cl)c1=O. The molecule has 0 fully saturated rings. The number of aryl methyl sites for hydroxylation is 2. The molecular weight excluding hydrogens is 340 g/mol. The van der Waals surface area contributed by atoms with Gasteiger partial charge in [0.25, 0.3) is 5.56 Å². The number of nitrogens with zero attached hydrogens (tertiary/aromatic N) is 4. The van der Waals surface area contributed by atoms with Crippen LogP contribution in [0.1, 0.15) is 23.6 Å². The summed E-state index contributed by atoms with van der Waals surface area (Å²) >= 11 is 6.26. The van der Waals surface area contributed by atoms with Crippen LogP contribution in [0.15, 0.2) is 40.1 Å². The molecular formula is C18H15ClN4O2. The van der Waals surface area contributed by atoms with Crippen LogP contribution in [0.4, 0.5) is 0 Å². The second-order valence-electron chi connectivity index (χ2n) is 5.75. The fourth-order valence-electron chi connectivity index (χ4n) is 2.67. The van der Waals surface area contributed by atoms with Crippen LogP contribution in [0.5, 0.6) is 0 Å². The van der Waals surface area contributed by atoms with Gasteiger partial charge in [0.05, 0.1) is 12.1 Å². The van der Waals surface area contributed by atoms with Crippen LogP contribution in [-0.4, -0.2) is 14.1 Å². The van der Waals surface area contributed by atoms with Gasteiger partial charge in [-0.3, -0.25) is 13.9 Å². The van der Waals surface area contributed by atoms with Crippen molar-refractivity contribution in [3.8, 4) is 6.07 Å². The molecule has 126 valence electrons. The monoisotopic (exact) mass is 354 g/mol. The first-order chi connectivity index (χ1) is 11.9. The summed E-state index contributed by atoms with van der Waals surface area (Å²) in [6.45, 7) is 4.05. The zero-order chi connectivity index (χ0) is 18.1. The minimum absolute atomic E-state index is 0.0389. The summed E-state index contributed by atoms with van der Waals surface area (Å²) < 4.78 is 2.34. The van der Waals surface area contributed by atoms with Crippen molar-refractivity contribution in [1.29, 1.82) is 5.26 Å². The van der Waals surface area contributed by atoms with Gasteiger partial charge in [-0.2, -0.15) is 5.26 Å². The van der Waals surface area contributed by atoms with Gasteiger partial charge in [0.1, 0.15) is 16.8 Å². The minimum Gasteiger partial charge on any atom is -0.299 e. The molecule has 3 rings (SSSR count). The van der Waals surface area contributed by atoms with Gasteiger partial charge in [-0.05, 0) is 31.5 Å². The van der Waals surface area contributed by atoms with Gasteiger partial charge in [0.15, 0.2) is 0 Å². The van der Waals surface area contributed by atoms with Gasteiger partial charge in [0, 0.05) is 23.7 Å². The van der Waals surface area contributed by atoms with E-state index in [2.05, 4.69) is 4.98 Å². The molecule has 0 saturated carbocycles. The highest BCUT2D eigenvalue weighted by atomic mass is 35.5. The summed E-state index contributed by atoms with van der Waals surface area (Å²) in [5, 5.41) is 10.2. The predicted octanol–water partition coefficient (Wildman–Crippen LogP) is 2.46. The molecule has 0 spiro atoms. The zero-order valence-electron chi connectivity index (χ0n) is 13.8. The molecule has 0 N–H and O–H groups in total. The molecule has 6 nitrogen and oxygen atoms in total. The lowest BCUT2D eigenvalue weighted by atomic mass is 10.1. The van der Waals surface area contributed by atoms with Gasteiger partial charge < -0.3 is 0 Å². The van der Waals surface area contributed by atoms with E-state index < -0.39 is 11.2 Å². The molecule has 25 heavy (non-hydrogen) atoms. The third-order valence-corrected chi connectivity index (χ3v) is 4.35. The van der Waals surface area contributed by atoms with Crippen molar-refractivity contribution in [3.05, 3.63) is 73.1 Å². The first kappa shape index (κ1) is 16.9. The molecule has 1 aromatic carbocycles. The molecule has 0 unspecified atom stereocenters. The molecule has 0 saturated heterocycles. The highest BCUT2D eigenvalue weighted by molar-refractivity contribution is 6.30. The first-order valence-electron chi connectivity index (χ1n) is 7.74. The molecule has 0 atom stereocenters. The summed E-state index contributed by atoms with van der Waals surface area (Å²) in [5.41, 5.74) is 1.17. The fraction of sp³-hybridized carbons (Fsp3) is 0.222. The molecule has 0 amide bonds. The molecule has 2 aromatic heterocycles. The summed E-state index contributed by atoms with van der Waals surface area (Å²) in [5.74, 6) is 0. The summed E-state index contributed by atoms with van der Waals surface area (Å²) in [4.78, 5) is 29.2. The van der Waals surface area contributed by atoms with Crippen LogP contribution in [0, 0.1) is 18.3 Å². The zero-order valence-corrected chi connectivity index (χ0v) is 14.5. The van der Waals surface area contributed by atoms with E-state index in [1.54, 1.807) is 6.92 Å². The van der Waals surface area contributed by atoms with Crippen LogP contribution in [0.25, 0.3) is 10.9 Å². The Bertz CT molecular complexity index is 1140. The van der Waals surface area contributed by atoms with Gasteiger partial charge in [0.2, 0.25) is 0 Å². The first-order valence-corrected chi connectivity index (χ1v) is 8.12. The Kier molecular flexibility index (Phi) is 4.43. The number of fused-ring (bicyclic) bond motifs is 1. The number of pyridine rings is 1. The van der Waals surface area contributed by atoms with Gasteiger partial charge in [-0.1, -0.05) is 23.7 Å². The Balaban J connectivity index is 2.18. The smallest absolute Gasteiger partial charge is 0.299 e. The summed E-state index contributed by atoms with van der Waals surface area (Å²) in [6.07, 6.45) is 1.28. The van der Waals surface area contributed by atoms with E-state index in [4.69, 9.17) is 16.9 Å². The lowest BCUT2D eigenvalue weighted by Gasteiger charge is -2.11. The Morgan fingerprint density at radius 3 is 2.72 bits per heavy atom. The lowest BCUT2D eigenvalue weighted by Crippen LogP contribution is -2.41. The quantitative estimate of drug-likeness (QED) is 0.676. The molecule has 2 heterocycles. The van der Waals surface area contributed by atoms with Gasteiger partial charge >= 0.3 is 5.69 Å². The Hall–Kier alpha value is -2.91. The Morgan fingerprint density at radius 2 is 2.04 bits per heavy atom. The van der Waals surface area contributed by atoms with E-state index in [1.807, 2.05) is 37.3 Å². The average Bonchev–Trinajstić information content (AvgIpc) is 2.59. The van der Waals surface area contributed by atoms with Crippen LogP contribution >= 0.6 is 11.6 Å². The van der Waals surface area contributed by atoms with E-state index in [1.165, 1.54) is 10.8 Å². The van der Waals surface area contributed by atoms with Crippen LogP contribution in [-0.2, 0) is 13.1 Å². The topological polar surface area (TPSA) is 80.7 Å². The molecule has 0 bridgehead atoms. The highest BCUT2D eigenvalue weighted by Gasteiger charge is 2.13. The van der Waals surface area contributed by atoms with Crippen LogP contribution in [0.3, 0.4) is 0 Å². The van der Waals surface area contributed by atoms with E-state index in [0.29, 0.717) is 12.1 Å². The van der Waals surface area contributed by atoms with Crippen LogP contribution in [0.2, 0.25) is 5.15 Å². The van der Waals surface area contributed by atoms with E-state index in [0.717, 1.165) is 21.0 Å². The number of hydrogen-bond acceptors (Lipinski definition) is 4. The minimum atomic E-state index is -0.628. The van der Waals surface area contributed by atoms with Crippen molar-refractivity contribution in [2.24, 2.45) is 0 Å². The molecule has 0 aliphatic rings. The number of benzene rings is 1. The molecule has 0 aliphatic heterocycles.